The smallest absolute Gasteiger partial charge is 0.227 e. The van der Waals surface area contributed by atoms with Crippen LogP contribution in [0.2, 0.25) is 5.02 Å². The molecule has 0 fully saturated rings. The number of carbonyl (C=O) groups is 1. The molecule has 1 N–H and O–H groups in total. The zero-order valence-corrected chi connectivity index (χ0v) is 10.6. The normalized spacial score (nSPS) is 10.3. The van der Waals surface area contributed by atoms with E-state index in [0.29, 0.717) is 28.8 Å². The number of aryl methyl sites for hydroxylation is 2. The highest BCUT2D eigenvalue weighted by atomic mass is 35.5. The molecule has 0 aliphatic rings. The molecule has 2 aromatic rings. The number of aromatic nitrogens is 2. The van der Waals surface area contributed by atoms with Gasteiger partial charge >= 0.3 is 0 Å². The second kappa shape index (κ2) is 5.64. The zero-order valence-electron chi connectivity index (χ0n) is 9.81. The monoisotopic (exact) mass is 265 g/mol. The summed E-state index contributed by atoms with van der Waals surface area (Å²) in [6.45, 7) is 1.74. The lowest BCUT2D eigenvalue weighted by Gasteiger charge is -2.04. The molecule has 0 bridgehead atoms. The van der Waals surface area contributed by atoms with Gasteiger partial charge in [-0.3, -0.25) is 4.79 Å². The Hall–Kier alpha value is -1.88. The molecule has 2 rings (SSSR count). The van der Waals surface area contributed by atoms with Gasteiger partial charge in [-0.15, -0.1) is 0 Å². The van der Waals surface area contributed by atoms with Crippen LogP contribution in [-0.2, 0) is 11.2 Å². The number of benzene rings is 1. The van der Waals surface area contributed by atoms with E-state index in [0.717, 1.165) is 0 Å². The van der Waals surface area contributed by atoms with Gasteiger partial charge in [-0.1, -0.05) is 22.8 Å². The topological polar surface area (TPSA) is 68.0 Å². The summed E-state index contributed by atoms with van der Waals surface area (Å²) in [7, 11) is 0. The number of rotatable bonds is 4. The molecule has 0 aliphatic carbocycles. The molecule has 1 heterocycles. The van der Waals surface area contributed by atoms with Crippen molar-refractivity contribution in [2.75, 3.05) is 5.32 Å². The zero-order chi connectivity index (χ0) is 13.0. The maximum Gasteiger partial charge on any atom is 0.227 e. The molecular formula is C12H12ClN3O2. The minimum atomic E-state index is -0.117. The van der Waals surface area contributed by atoms with E-state index in [1.165, 1.54) is 0 Å². The van der Waals surface area contributed by atoms with Crippen molar-refractivity contribution in [2.45, 2.75) is 19.8 Å². The molecule has 0 radical (unpaired) electrons. The van der Waals surface area contributed by atoms with E-state index in [9.17, 15) is 4.79 Å². The minimum absolute atomic E-state index is 0.117. The van der Waals surface area contributed by atoms with E-state index in [-0.39, 0.29) is 12.3 Å². The van der Waals surface area contributed by atoms with E-state index in [1.807, 2.05) is 0 Å². The van der Waals surface area contributed by atoms with Gasteiger partial charge in [0.25, 0.3) is 0 Å². The first kappa shape index (κ1) is 12.6. The first-order valence-electron chi connectivity index (χ1n) is 5.48. The van der Waals surface area contributed by atoms with Crippen LogP contribution in [0, 0.1) is 6.92 Å². The Morgan fingerprint density at radius 2 is 2.33 bits per heavy atom. The first-order chi connectivity index (χ1) is 8.63. The molecule has 5 nitrogen and oxygen atoms in total. The quantitative estimate of drug-likeness (QED) is 0.923. The molecule has 0 aliphatic heterocycles. The van der Waals surface area contributed by atoms with Gasteiger partial charge in [-0.25, -0.2) is 0 Å². The van der Waals surface area contributed by atoms with Crippen molar-refractivity contribution in [2.24, 2.45) is 0 Å². The van der Waals surface area contributed by atoms with Crippen molar-refractivity contribution in [3.8, 4) is 0 Å². The summed E-state index contributed by atoms with van der Waals surface area (Å²) in [6, 6.07) is 6.99. The minimum Gasteiger partial charge on any atom is -0.339 e. The number of hydrogen-bond donors (Lipinski definition) is 1. The van der Waals surface area contributed by atoms with Crippen LogP contribution in [0.4, 0.5) is 5.69 Å². The van der Waals surface area contributed by atoms with Crippen LogP contribution in [0.3, 0.4) is 0 Å². The molecule has 0 unspecified atom stereocenters. The van der Waals surface area contributed by atoms with E-state index in [2.05, 4.69) is 15.5 Å². The predicted octanol–water partition coefficient (Wildman–Crippen LogP) is 2.60. The summed E-state index contributed by atoms with van der Waals surface area (Å²) in [5.41, 5.74) is 0.675. The van der Waals surface area contributed by atoms with Crippen LogP contribution in [0.15, 0.2) is 28.8 Å². The summed E-state index contributed by atoms with van der Waals surface area (Å²) < 4.78 is 4.92. The van der Waals surface area contributed by atoms with Crippen LogP contribution in [0.5, 0.6) is 0 Å². The fourth-order valence-corrected chi connectivity index (χ4v) is 1.64. The van der Waals surface area contributed by atoms with Crippen LogP contribution >= 0.6 is 11.6 Å². The molecule has 94 valence electrons. The third-order valence-corrected chi connectivity index (χ3v) is 2.48. The number of halogens is 1. The predicted molar refractivity (Wildman–Crippen MR) is 67.4 cm³/mol. The molecular weight excluding hydrogens is 254 g/mol. The third kappa shape index (κ3) is 3.56. The van der Waals surface area contributed by atoms with E-state index in [4.69, 9.17) is 16.1 Å². The standard InChI is InChI=1S/C12H12ClN3O2/c1-8-14-12(18-16-8)6-5-11(17)15-10-4-2-3-9(13)7-10/h2-4,7H,5-6H2,1H3,(H,15,17). The van der Waals surface area contributed by atoms with Gasteiger partial charge in [-0.05, 0) is 25.1 Å². The maximum absolute atomic E-state index is 11.7. The molecule has 0 atom stereocenters. The highest BCUT2D eigenvalue weighted by Gasteiger charge is 2.07. The Balaban J connectivity index is 1.85. The van der Waals surface area contributed by atoms with Crippen molar-refractivity contribution < 1.29 is 9.32 Å². The summed E-state index contributed by atoms with van der Waals surface area (Å²) in [4.78, 5) is 15.7. The largest absolute Gasteiger partial charge is 0.339 e. The number of nitrogens with one attached hydrogen (secondary N) is 1. The van der Waals surface area contributed by atoms with Crippen molar-refractivity contribution in [1.82, 2.24) is 10.1 Å². The Morgan fingerprint density at radius 3 is 3.00 bits per heavy atom. The molecule has 0 saturated heterocycles. The van der Waals surface area contributed by atoms with Gasteiger partial charge in [0.05, 0.1) is 0 Å². The number of hydrogen-bond acceptors (Lipinski definition) is 4. The highest BCUT2D eigenvalue weighted by molar-refractivity contribution is 6.30. The van der Waals surface area contributed by atoms with E-state index in [1.54, 1.807) is 31.2 Å². The van der Waals surface area contributed by atoms with Crippen LogP contribution in [0.25, 0.3) is 0 Å². The highest BCUT2D eigenvalue weighted by Crippen LogP contribution is 2.15. The summed E-state index contributed by atoms with van der Waals surface area (Å²) in [5.74, 6) is 0.919. The number of amides is 1. The summed E-state index contributed by atoms with van der Waals surface area (Å²) in [6.07, 6.45) is 0.710. The number of carbonyl (C=O) groups excluding carboxylic acids is 1. The van der Waals surface area contributed by atoms with Gasteiger partial charge in [0.2, 0.25) is 11.8 Å². The lowest BCUT2D eigenvalue weighted by atomic mass is 10.2. The average Bonchev–Trinajstić information content (AvgIpc) is 2.73. The van der Waals surface area contributed by atoms with Crippen LogP contribution < -0.4 is 5.32 Å². The van der Waals surface area contributed by atoms with Crippen LogP contribution in [0.1, 0.15) is 18.1 Å². The average molecular weight is 266 g/mol. The fourth-order valence-electron chi connectivity index (χ4n) is 1.45. The molecule has 1 aromatic heterocycles. The van der Waals surface area contributed by atoms with Crippen molar-refractivity contribution >= 4 is 23.2 Å². The summed E-state index contributed by atoms with van der Waals surface area (Å²) in [5, 5.41) is 6.99. The Bertz CT molecular complexity index is 554. The molecule has 18 heavy (non-hydrogen) atoms. The Labute approximate surface area is 109 Å². The summed E-state index contributed by atoms with van der Waals surface area (Å²) >= 11 is 5.82. The SMILES string of the molecule is Cc1noc(CCC(=O)Nc2cccc(Cl)c2)n1. The molecule has 0 spiro atoms. The number of nitrogens with zero attached hydrogens (tertiary/aromatic N) is 2. The first-order valence-corrected chi connectivity index (χ1v) is 5.86. The number of anilines is 1. The van der Waals surface area contributed by atoms with Gasteiger partial charge in [0.15, 0.2) is 5.82 Å². The Morgan fingerprint density at radius 1 is 1.50 bits per heavy atom. The Kier molecular flexibility index (Phi) is 3.94. The molecule has 1 aromatic carbocycles. The van der Waals surface area contributed by atoms with Gasteiger partial charge < -0.3 is 9.84 Å². The molecule has 0 saturated carbocycles. The van der Waals surface area contributed by atoms with E-state index >= 15 is 0 Å². The second-order valence-electron chi connectivity index (χ2n) is 3.79. The molecule has 6 heteroatoms. The van der Waals surface area contributed by atoms with E-state index < -0.39 is 0 Å². The van der Waals surface area contributed by atoms with Crippen molar-refractivity contribution in [3.05, 3.63) is 41.0 Å². The van der Waals surface area contributed by atoms with Crippen LogP contribution in [-0.4, -0.2) is 16.0 Å². The van der Waals surface area contributed by atoms with Gasteiger partial charge in [0.1, 0.15) is 0 Å². The second-order valence-corrected chi connectivity index (χ2v) is 4.23. The lowest BCUT2D eigenvalue weighted by molar-refractivity contribution is -0.116. The lowest BCUT2D eigenvalue weighted by Crippen LogP contribution is -2.12. The van der Waals surface area contributed by atoms with Crippen molar-refractivity contribution in [3.63, 3.8) is 0 Å². The fraction of sp³-hybridized carbons (Fsp3) is 0.250. The van der Waals surface area contributed by atoms with Gasteiger partial charge in [-0.2, -0.15) is 4.98 Å². The third-order valence-electron chi connectivity index (χ3n) is 2.24. The maximum atomic E-state index is 11.7. The van der Waals surface area contributed by atoms with Gasteiger partial charge in [0, 0.05) is 23.6 Å². The molecule has 1 amide bonds. The van der Waals surface area contributed by atoms with Crippen molar-refractivity contribution in [1.29, 1.82) is 0 Å².